The monoisotopic (exact) mass is 434 g/mol. The summed E-state index contributed by atoms with van der Waals surface area (Å²) in [4.78, 5) is 24.4. The second-order valence-electron chi connectivity index (χ2n) is 8.10. The smallest absolute Gasteiger partial charge is 0.226 e. The molecule has 29 heavy (non-hydrogen) atoms. The van der Waals surface area contributed by atoms with Gasteiger partial charge < -0.3 is 9.80 Å². The number of halogens is 1. The van der Waals surface area contributed by atoms with Gasteiger partial charge in [0, 0.05) is 42.5 Å². The number of likely N-dealkylation sites (N-methyl/N-ethyl adjacent to an activating group) is 1. The van der Waals surface area contributed by atoms with Crippen LogP contribution in [0, 0.1) is 12.8 Å². The number of aryl methyl sites for hydroxylation is 1. The first-order valence-electron chi connectivity index (χ1n) is 10.2. The molecule has 158 valence electrons. The van der Waals surface area contributed by atoms with Gasteiger partial charge >= 0.3 is 0 Å². The molecule has 7 heteroatoms. The number of carbonyl (C=O) groups excluding carboxylic acids is 1. The van der Waals surface area contributed by atoms with Crippen molar-refractivity contribution in [3.63, 3.8) is 0 Å². The van der Waals surface area contributed by atoms with E-state index < -0.39 is 0 Å². The number of carbonyl (C=O) groups is 1. The number of nitrogens with zero attached hydrogens (tertiary/aromatic N) is 4. The van der Waals surface area contributed by atoms with E-state index >= 15 is 0 Å². The fourth-order valence-corrected chi connectivity index (χ4v) is 4.43. The number of likely N-dealkylation sites (tertiary alicyclic amines) is 1. The fraction of sp³-hybridized carbons (Fsp3) is 0.545. The van der Waals surface area contributed by atoms with Crippen molar-refractivity contribution in [1.29, 1.82) is 0 Å². The van der Waals surface area contributed by atoms with Gasteiger partial charge in [-0.25, -0.2) is 4.98 Å². The van der Waals surface area contributed by atoms with E-state index in [0.29, 0.717) is 6.54 Å². The van der Waals surface area contributed by atoms with Gasteiger partial charge in [0.25, 0.3) is 0 Å². The molecule has 5 nitrogen and oxygen atoms in total. The molecule has 1 aliphatic rings. The highest BCUT2D eigenvalue weighted by Crippen LogP contribution is 2.23. The summed E-state index contributed by atoms with van der Waals surface area (Å²) in [5.74, 6) is 0.392. The number of amides is 1. The van der Waals surface area contributed by atoms with Crippen molar-refractivity contribution in [3.8, 4) is 0 Å². The van der Waals surface area contributed by atoms with E-state index in [1.165, 1.54) is 0 Å². The molecule has 1 aliphatic heterocycles. The third-order valence-electron chi connectivity index (χ3n) is 5.40. The number of piperidine rings is 1. The maximum absolute atomic E-state index is 13.3. The largest absolute Gasteiger partial charge is 0.337 e. The first-order chi connectivity index (χ1) is 13.9. The lowest BCUT2D eigenvalue weighted by Crippen LogP contribution is -2.44. The van der Waals surface area contributed by atoms with Crippen LogP contribution in [0.2, 0.25) is 5.02 Å². The van der Waals surface area contributed by atoms with Crippen LogP contribution in [0.15, 0.2) is 29.6 Å². The summed E-state index contributed by atoms with van der Waals surface area (Å²) >= 11 is 7.71. The average Bonchev–Trinajstić information content (AvgIpc) is 3.11. The molecule has 1 aromatic heterocycles. The molecule has 1 amide bonds. The van der Waals surface area contributed by atoms with Gasteiger partial charge in [-0.15, -0.1) is 11.3 Å². The standard InChI is InChI=1S/C22H31ClN4OS/c1-17-24-21(16-29-17)15-26-10-8-19(9-11-26)22(28)27(13-12-25(2)3)14-18-4-6-20(23)7-5-18/h4-7,16,19H,8-15H2,1-3H3. The van der Waals surface area contributed by atoms with Crippen LogP contribution in [0.5, 0.6) is 0 Å². The third-order valence-corrected chi connectivity index (χ3v) is 6.48. The van der Waals surface area contributed by atoms with Crippen LogP contribution in [0.25, 0.3) is 0 Å². The predicted molar refractivity (Wildman–Crippen MR) is 120 cm³/mol. The maximum Gasteiger partial charge on any atom is 0.226 e. The fourth-order valence-electron chi connectivity index (χ4n) is 3.70. The molecule has 0 bridgehead atoms. The molecule has 0 atom stereocenters. The van der Waals surface area contributed by atoms with Crippen molar-refractivity contribution in [3.05, 3.63) is 50.9 Å². The lowest BCUT2D eigenvalue weighted by atomic mass is 9.95. The van der Waals surface area contributed by atoms with Gasteiger partial charge in [0.1, 0.15) is 0 Å². The molecule has 0 N–H and O–H groups in total. The molecule has 0 aliphatic carbocycles. The van der Waals surface area contributed by atoms with Gasteiger partial charge in [0.15, 0.2) is 0 Å². The third kappa shape index (κ3) is 6.78. The van der Waals surface area contributed by atoms with Crippen molar-refractivity contribution >= 4 is 28.8 Å². The second-order valence-corrected chi connectivity index (χ2v) is 9.60. The van der Waals surface area contributed by atoms with E-state index in [2.05, 4.69) is 20.2 Å². The predicted octanol–water partition coefficient (Wildman–Crippen LogP) is 3.91. The minimum absolute atomic E-state index is 0.109. The molecule has 3 rings (SSSR count). The molecule has 2 heterocycles. The van der Waals surface area contributed by atoms with E-state index in [-0.39, 0.29) is 11.8 Å². The summed E-state index contributed by atoms with van der Waals surface area (Å²) in [6.45, 7) is 7.09. The number of hydrogen-bond acceptors (Lipinski definition) is 5. The van der Waals surface area contributed by atoms with Crippen molar-refractivity contribution in [2.75, 3.05) is 40.3 Å². The van der Waals surface area contributed by atoms with E-state index in [1.54, 1.807) is 11.3 Å². The van der Waals surface area contributed by atoms with Crippen molar-refractivity contribution in [2.45, 2.75) is 32.9 Å². The molecule has 0 spiro atoms. The lowest BCUT2D eigenvalue weighted by molar-refractivity contribution is -0.138. The molecule has 1 aromatic carbocycles. The van der Waals surface area contributed by atoms with Crippen molar-refractivity contribution in [2.24, 2.45) is 5.92 Å². The summed E-state index contributed by atoms with van der Waals surface area (Å²) in [7, 11) is 4.09. The second kappa shape index (κ2) is 10.5. The normalized spacial score (nSPS) is 15.8. The van der Waals surface area contributed by atoms with E-state index in [4.69, 9.17) is 11.6 Å². The number of rotatable bonds is 8. The first-order valence-corrected chi connectivity index (χ1v) is 11.5. The van der Waals surface area contributed by atoms with Gasteiger partial charge in [-0.2, -0.15) is 0 Å². The van der Waals surface area contributed by atoms with Gasteiger partial charge in [-0.05, 0) is 64.6 Å². The Balaban J connectivity index is 1.57. The molecule has 1 saturated heterocycles. The zero-order valence-corrected chi connectivity index (χ0v) is 19.2. The van der Waals surface area contributed by atoms with Crippen LogP contribution in [0.1, 0.15) is 29.1 Å². The number of benzene rings is 1. The Morgan fingerprint density at radius 2 is 1.90 bits per heavy atom. The first kappa shape index (κ1) is 22.2. The highest BCUT2D eigenvalue weighted by molar-refractivity contribution is 7.09. The Bertz CT molecular complexity index is 784. The van der Waals surface area contributed by atoms with E-state index in [0.717, 1.165) is 66.9 Å². The molecule has 0 unspecified atom stereocenters. The Kier molecular flexibility index (Phi) is 8.07. The highest BCUT2D eigenvalue weighted by atomic mass is 35.5. The minimum Gasteiger partial charge on any atom is -0.337 e. The van der Waals surface area contributed by atoms with Gasteiger partial charge in [-0.3, -0.25) is 9.69 Å². The summed E-state index contributed by atoms with van der Waals surface area (Å²) < 4.78 is 0. The van der Waals surface area contributed by atoms with Gasteiger partial charge in [0.05, 0.1) is 10.7 Å². The topological polar surface area (TPSA) is 39.7 Å². The van der Waals surface area contributed by atoms with E-state index in [1.807, 2.05) is 50.2 Å². The van der Waals surface area contributed by atoms with Crippen LogP contribution < -0.4 is 0 Å². The molecule has 0 radical (unpaired) electrons. The van der Waals surface area contributed by atoms with Crippen LogP contribution in [0.4, 0.5) is 0 Å². The molecule has 0 saturated carbocycles. The SMILES string of the molecule is Cc1nc(CN2CCC(C(=O)N(CCN(C)C)Cc3ccc(Cl)cc3)CC2)cs1. The molecule has 1 fully saturated rings. The molecule has 2 aromatic rings. The quantitative estimate of drug-likeness (QED) is 0.631. The number of aromatic nitrogens is 1. The molecular formula is C22H31ClN4OS. The Morgan fingerprint density at radius 3 is 2.48 bits per heavy atom. The number of hydrogen-bond donors (Lipinski definition) is 0. The minimum atomic E-state index is 0.109. The highest BCUT2D eigenvalue weighted by Gasteiger charge is 2.29. The van der Waals surface area contributed by atoms with Gasteiger partial charge in [-0.1, -0.05) is 23.7 Å². The van der Waals surface area contributed by atoms with Crippen LogP contribution >= 0.6 is 22.9 Å². The lowest BCUT2D eigenvalue weighted by Gasteiger charge is -2.34. The molecular weight excluding hydrogens is 404 g/mol. The Morgan fingerprint density at radius 1 is 1.21 bits per heavy atom. The summed E-state index contributed by atoms with van der Waals surface area (Å²) in [6.07, 6.45) is 1.84. The van der Waals surface area contributed by atoms with E-state index in [9.17, 15) is 4.79 Å². The average molecular weight is 435 g/mol. The Hall–Kier alpha value is -1.47. The van der Waals surface area contributed by atoms with Crippen LogP contribution in [0.3, 0.4) is 0 Å². The summed E-state index contributed by atoms with van der Waals surface area (Å²) in [5.41, 5.74) is 2.27. The van der Waals surface area contributed by atoms with Crippen LogP contribution in [-0.2, 0) is 17.9 Å². The van der Waals surface area contributed by atoms with Crippen LogP contribution in [-0.4, -0.2) is 65.9 Å². The summed E-state index contributed by atoms with van der Waals surface area (Å²) in [6, 6.07) is 7.81. The van der Waals surface area contributed by atoms with Gasteiger partial charge in [0.2, 0.25) is 5.91 Å². The maximum atomic E-state index is 13.3. The van der Waals surface area contributed by atoms with Crippen molar-refractivity contribution < 1.29 is 4.79 Å². The zero-order chi connectivity index (χ0) is 20.8. The number of thiazole rings is 1. The van der Waals surface area contributed by atoms with Crippen molar-refractivity contribution in [1.82, 2.24) is 19.7 Å². The Labute approximate surface area is 183 Å². The summed E-state index contributed by atoms with van der Waals surface area (Å²) in [5, 5.41) is 3.98. The zero-order valence-electron chi connectivity index (χ0n) is 17.6.